The summed E-state index contributed by atoms with van der Waals surface area (Å²) in [6.45, 7) is 9.56. The van der Waals surface area contributed by atoms with Gasteiger partial charge >= 0.3 is 0 Å². The smallest absolute Gasteiger partial charge is 0.236 e. The Labute approximate surface area is 159 Å². The highest BCUT2D eigenvalue weighted by atomic mass is 16.2. The standard InChI is InChI=1S/C21H36N4O/c1-4-7-8-9-10-11-13-22-16-19-12-14-24-20(15-19)17-23-18-21(26)25(5-2)6-3/h12,14-16,23H,4-11,13,17-18H2,1-3H3/b22-16+. The van der Waals surface area contributed by atoms with E-state index in [4.69, 9.17) is 0 Å². The first kappa shape index (κ1) is 22.3. The van der Waals surface area contributed by atoms with Gasteiger partial charge in [0.05, 0.1) is 12.2 Å². The molecular weight excluding hydrogens is 324 g/mol. The van der Waals surface area contributed by atoms with Gasteiger partial charge in [-0.25, -0.2) is 0 Å². The van der Waals surface area contributed by atoms with E-state index in [0.29, 0.717) is 13.1 Å². The first-order valence-electron chi connectivity index (χ1n) is 10.1. The van der Waals surface area contributed by atoms with E-state index in [1.54, 1.807) is 6.20 Å². The van der Waals surface area contributed by atoms with Crippen LogP contribution in [0.2, 0.25) is 0 Å². The Morgan fingerprint density at radius 3 is 2.62 bits per heavy atom. The van der Waals surface area contributed by atoms with Crippen LogP contribution < -0.4 is 5.32 Å². The van der Waals surface area contributed by atoms with Gasteiger partial charge in [0.25, 0.3) is 0 Å². The van der Waals surface area contributed by atoms with Crippen molar-refractivity contribution < 1.29 is 4.79 Å². The quantitative estimate of drug-likeness (QED) is 0.405. The molecule has 0 saturated carbocycles. The molecule has 0 atom stereocenters. The Morgan fingerprint density at radius 1 is 1.15 bits per heavy atom. The molecule has 0 bridgehead atoms. The van der Waals surface area contributed by atoms with Crippen molar-refractivity contribution in [1.82, 2.24) is 15.2 Å². The number of nitrogens with one attached hydrogen (secondary N) is 1. The third-order valence-corrected chi connectivity index (χ3v) is 4.42. The molecule has 1 aromatic heterocycles. The molecule has 0 aromatic carbocycles. The third-order valence-electron chi connectivity index (χ3n) is 4.42. The fourth-order valence-corrected chi connectivity index (χ4v) is 2.81. The Kier molecular flexibility index (Phi) is 12.4. The highest BCUT2D eigenvalue weighted by Gasteiger charge is 2.08. The second-order valence-electron chi connectivity index (χ2n) is 6.55. The molecule has 0 aliphatic carbocycles. The molecule has 0 aliphatic heterocycles. The maximum absolute atomic E-state index is 12.0. The zero-order valence-electron chi connectivity index (χ0n) is 16.8. The van der Waals surface area contributed by atoms with Crippen molar-refractivity contribution in [2.75, 3.05) is 26.2 Å². The van der Waals surface area contributed by atoms with Crippen LogP contribution in [0.15, 0.2) is 23.3 Å². The number of hydrogen-bond acceptors (Lipinski definition) is 4. The van der Waals surface area contributed by atoms with Gasteiger partial charge in [-0.2, -0.15) is 0 Å². The van der Waals surface area contributed by atoms with Crippen LogP contribution in [0.25, 0.3) is 0 Å². The van der Waals surface area contributed by atoms with Gasteiger partial charge in [0.15, 0.2) is 0 Å². The Bertz CT molecular complexity index is 526. The summed E-state index contributed by atoms with van der Waals surface area (Å²) in [4.78, 5) is 22.7. The summed E-state index contributed by atoms with van der Waals surface area (Å²) in [6, 6.07) is 3.99. The predicted molar refractivity (Wildman–Crippen MR) is 110 cm³/mol. The summed E-state index contributed by atoms with van der Waals surface area (Å²) in [7, 11) is 0. The molecule has 1 heterocycles. The molecule has 1 N–H and O–H groups in total. The maximum atomic E-state index is 12.0. The molecular formula is C21H36N4O. The molecule has 1 amide bonds. The molecule has 1 aromatic rings. The van der Waals surface area contributed by atoms with Crippen molar-refractivity contribution in [3.63, 3.8) is 0 Å². The number of nitrogens with zero attached hydrogens (tertiary/aromatic N) is 3. The van der Waals surface area contributed by atoms with Gasteiger partial charge in [-0.3, -0.25) is 14.8 Å². The molecule has 0 aliphatic rings. The van der Waals surface area contributed by atoms with Gasteiger partial charge in [-0.1, -0.05) is 39.0 Å². The number of carbonyl (C=O) groups is 1. The highest BCUT2D eigenvalue weighted by molar-refractivity contribution is 5.79. The van der Waals surface area contributed by atoms with Crippen LogP contribution >= 0.6 is 0 Å². The summed E-state index contributed by atoms with van der Waals surface area (Å²) < 4.78 is 0. The van der Waals surface area contributed by atoms with Gasteiger partial charge < -0.3 is 10.2 Å². The second kappa shape index (κ2) is 14.4. The minimum absolute atomic E-state index is 0.131. The van der Waals surface area contributed by atoms with Crippen LogP contribution in [0.3, 0.4) is 0 Å². The number of hydrogen-bond donors (Lipinski definition) is 1. The maximum Gasteiger partial charge on any atom is 0.236 e. The zero-order valence-corrected chi connectivity index (χ0v) is 16.8. The number of amides is 1. The van der Waals surface area contributed by atoms with Crippen LogP contribution in [-0.4, -0.2) is 48.2 Å². The van der Waals surface area contributed by atoms with Crippen LogP contribution in [-0.2, 0) is 11.3 Å². The number of rotatable bonds is 14. The largest absolute Gasteiger partial charge is 0.342 e. The van der Waals surface area contributed by atoms with E-state index >= 15 is 0 Å². The molecule has 5 heteroatoms. The summed E-state index contributed by atoms with van der Waals surface area (Å²) >= 11 is 0. The molecule has 0 radical (unpaired) electrons. The third kappa shape index (κ3) is 9.66. The summed E-state index contributed by atoms with van der Waals surface area (Å²) in [5, 5.41) is 3.18. The Morgan fingerprint density at radius 2 is 1.88 bits per heavy atom. The number of aromatic nitrogens is 1. The minimum atomic E-state index is 0.131. The zero-order chi connectivity index (χ0) is 19.0. The van der Waals surface area contributed by atoms with E-state index in [1.807, 2.05) is 37.1 Å². The predicted octanol–water partition coefficient (Wildman–Crippen LogP) is 3.82. The SMILES string of the molecule is CCCCCCCC/N=C/c1ccnc(CNCC(=O)N(CC)CC)c1. The molecule has 5 nitrogen and oxygen atoms in total. The summed E-state index contributed by atoms with van der Waals surface area (Å²) in [5.41, 5.74) is 2.00. The van der Waals surface area contributed by atoms with Gasteiger partial charge in [-0.05, 0) is 38.0 Å². The number of carbonyl (C=O) groups excluding carboxylic acids is 1. The fraction of sp³-hybridized carbons (Fsp3) is 0.667. The number of likely N-dealkylation sites (N-methyl/N-ethyl adjacent to an activating group) is 1. The van der Waals surface area contributed by atoms with Gasteiger partial charge in [0, 0.05) is 38.6 Å². The van der Waals surface area contributed by atoms with E-state index in [-0.39, 0.29) is 5.91 Å². The van der Waals surface area contributed by atoms with Crippen molar-refractivity contribution in [2.45, 2.75) is 65.8 Å². The van der Waals surface area contributed by atoms with Gasteiger partial charge in [0.2, 0.25) is 5.91 Å². The monoisotopic (exact) mass is 360 g/mol. The van der Waals surface area contributed by atoms with Crippen LogP contribution in [0.5, 0.6) is 0 Å². The van der Waals surface area contributed by atoms with Crippen LogP contribution in [0, 0.1) is 0 Å². The van der Waals surface area contributed by atoms with Gasteiger partial charge in [0.1, 0.15) is 0 Å². The second-order valence-corrected chi connectivity index (χ2v) is 6.55. The molecule has 0 unspecified atom stereocenters. The van der Waals surface area contributed by atoms with E-state index < -0.39 is 0 Å². The molecule has 0 saturated heterocycles. The highest BCUT2D eigenvalue weighted by Crippen LogP contribution is 2.05. The van der Waals surface area contributed by atoms with E-state index in [2.05, 4.69) is 22.2 Å². The molecule has 26 heavy (non-hydrogen) atoms. The van der Waals surface area contributed by atoms with E-state index in [9.17, 15) is 4.79 Å². The van der Waals surface area contributed by atoms with Crippen molar-refractivity contribution in [1.29, 1.82) is 0 Å². The first-order chi connectivity index (χ1) is 12.7. The van der Waals surface area contributed by atoms with Crippen LogP contribution in [0.4, 0.5) is 0 Å². The lowest BCUT2D eigenvalue weighted by molar-refractivity contribution is -0.129. The number of pyridine rings is 1. The normalized spacial score (nSPS) is 11.2. The van der Waals surface area contributed by atoms with Crippen LogP contribution in [0.1, 0.15) is 70.6 Å². The first-order valence-corrected chi connectivity index (χ1v) is 10.1. The lowest BCUT2D eigenvalue weighted by Crippen LogP contribution is -2.37. The van der Waals surface area contributed by atoms with Crippen molar-refractivity contribution in [3.8, 4) is 0 Å². The van der Waals surface area contributed by atoms with Crippen molar-refractivity contribution in [2.24, 2.45) is 4.99 Å². The molecule has 0 spiro atoms. The summed E-state index contributed by atoms with van der Waals surface area (Å²) in [6.07, 6.45) is 11.5. The number of aliphatic imine (C=N–C) groups is 1. The lowest BCUT2D eigenvalue weighted by Gasteiger charge is -2.18. The topological polar surface area (TPSA) is 57.6 Å². The Hall–Kier alpha value is -1.75. The molecule has 146 valence electrons. The summed E-state index contributed by atoms with van der Waals surface area (Å²) in [5.74, 6) is 0.131. The Balaban J connectivity index is 2.29. The molecule has 1 rings (SSSR count). The number of unbranched alkanes of at least 4 members (excludes halogenated alkanes) is 5. The van der Waals surface area contributed by atoms with E-state index in [1.165, 1.54) is 32.1 Å². The fourth-order valence-electron chi connectivity index (χ4n) is 2.81. The molecule has 0 fully saturated rings. The average Bonchev–Trinajstić information content (AvgIpc) is 2.65. The van der Waals surface area contributed by atoms with Crippen molar-refractivity contribution >= 4 is 12.1 Å². The van der Waals surface area contributed by atoms with Gasteiger partial charge in [-0.15, -0.1) is 0 Å². The minimum Gasteiger partial charge on any atom is -0.342 e. The lowest BCUT2D eigenvalue weighted by atomic mass is 10.1. The van der Waals surface area contributed by atoms with Crippen molar-refractivity contribution in [3.05, 3.63) is 29.6 Å². The van der Waals surface area contributed by atoms with E-state index in [0.717, 1.165) is 37.3 Å². The average molecular weight is 361 g/mol.